The molecule has 0 saturated heterocycles. The summed E-state index contributed by atoms with van der Waals surface area (Å²) in [5.74, 6) is 0.483. The first-order valence-corrected chi connectivity index (χ1v) is 8.22. The highest BCUT2D eigenvalue weighted by Crippen LogP contribution is 2.19. The second kappa shape index (κ2) is 8.83. The number of carbonyl (C=O) groups excluding carboxylic acids is 1. The summed E-state index contributed by atoms with van der Waals surface area (Å²) < 4.78 is 7.44. The van der Waals surface area contributed by atoms with Crippen molar-refractivity contribution >= 4 is 5.97 Å². The standard InChI is InChI=1S/C21H24N2O2/c1-5-10-20-22-18(15-25-21(24)16(3)4)19(23(20)13-6-2)14-17-11-8-7-9-12-17/h5-9,11-12H,1-3,10,13-15H2,4H3. The number of rotatable bonds is 9. The van der Waals surface area contributed by atoms with Gasteiger partial charge in [0.1, 0.15) is 12.4 Å². The number of benzene rings is 1. The lowest BCUT2D eigenvalue weighted by molar-refractivity contribution is -0.140. The zero-order chi connectivity index (χ0) is 18.2. The maximum Gasteiger partial charge on any atom is 0.333 e. The second-order valence-electron chi connectivity index (χ2n) is 5.83. The van der Waals surface area contributed by atoms with Gasteiger partial charge in [0.25, 0.3) is 0 Å². The monoisotopic (exact) mass is 336 g/mol. The van der Waals surface area contributed by atoms with E-state index >= 15 is 0 Å². The van der Waals surface area contributed by atoms with E-state index < -0.39 is 5.97 Å². The highest BCUT2D eigenvalue weighted by Gasteiger charge is 2.17. The fourth-order valence-corrected chi connectivity index (χ4v) is 2.58. The normalized spacial score (nSPS) is 10.3. The first-order chi connectivity index (χ1) is 12.1. The number of nitrogens with zero attached hydrogens (tertiary/aromatic N) is 2. The average Bonchev–Trinajstić information content (AvgIpc) is 2.91. The predicted molar refractivity (Wildman–Crippen MR) is 100 cm³/mol. The van der Waals surface area contributed by atoms with Gasteiger partial charge < -0.3 is 9.30 Å². The van der Waals surface area contributed by atoms with Crippen LogP contribution in [0.2, 0.25) is 0 Å². The molecule has 0 aliphatic heterocycles. The molecule has 1 aromatic heterocycles. The molecule has 1 aromatic carbocycles. The van der Waals surface area contributed by atoms with Gasteiger partial charge >= 0.3 is 5.97 Å². The Morgan fingerprint density at radius 3 is 2.56 bits per heavy atom. The van der Waals surface area contributed by atoms with E-state index in [1.54, 1.807) is 6.92 Å². The highest BCUT2D eigenvalue weighted by atomic mass is 16.5. The van der Waals surface area contributed by atoms with Crippen LogP contribution in [0.1, 0.15) is 29.7 Å². The molecule has 0 bridgehead atoms. The Morgan fingerprint density at radius 2 is 1.96 bits per heavy atom. The van der Waals surface area contributed by atoms with Gasteiger partial charge in [0.2, 0.25) is 0 Å². The van der Waals surface area contributed by atoms with Gasteiger partial charge in [0, 0.05) is 30.7 Å². The Bertz CT molecular complexity index is 773. The third-order valence-electron chi connectivity index (χ3n) is 3.78. The summed E-state index contributed by atoms with van der Waals surface area (Å²) in [6.45, 7) is 13.7. The third-order valence-corrected chi connectivity index (χ3v) is 3.78. The van der Waals surface area contributed by atoms with Crippen LogP contribution in [-0.2, 0) is 35.5 Å². The Hall–Kier alpha value is -2.88. The van der Waals surface area contributed by atoms with E-state index in [4.69, 9.17) is 4.74 Å². The van der Waals surface area contributed by atoms with Gasteiger partial charge in [-0.3, -0.25) is 0 Å². The van der Waals surface area contributed by atoms with E-state index in [1.165, 1.54) is 5.56 Å². The molecule has 25 heavy (non-hydrogen) atoms. The predicted octanol–water partition coefficient (Wildman–Crippen LogP) is 4.01. The topological polar surface area (TPSA) is 44.1 Å². The smallest absolute Gasteiger partial charge is 0.333 e. The van der Waals surface area contributed by atoms with Crippen molar-refractivity contribution in [1.29, 1.82) is 0 Å². The van der Waals surface area contributed by atoms with E-state index in [-0.39, 0.29) is 6.61 Å². The van der Waals surface area contributed by atoms with E-state index in [2.05, 4.69) is 41.4 Å². The summed E-state index contributed by atoms with van der Waals surface area (Å²) >= 11 is 0. The number of hydrogen-bond acceptors (Lipinski definition) is 3. The molecule has 0 unspecified atom stereocenters. The molecule has 0 radical (unpaired) electrons. The quantitative estimate of drug-likeness (QED) is 0.395. The number of hydrogen-bond donors (Lipinski definition) is 0. The maximum absolute atomic E-state index is 11.7. The van der Waals surface area contributed by atoms with E-state index in [9.17, 15) is 4.79 Å². The fourth-order valence-electron chi connectivity index (χ4n) is 2.58. The van der Waals surface area contributed by atoms with Crippen molar-refractivity contribution in [1.82, 2.24) is 9.55 Å². The molecule has 2 rings (SSSR count). The number of imidazole rings is 1. The third kappa shape index (κ3) is 4.80. The van der Waals surface area contributed by atoms with Gasteiger partial charge in [-0.15, -0.1) is 13.2 Å². The molecule has 130 valence electrons. The van der Waals surface area contributed by atoms with Gasteiger partial charge in [-0.25, -0.2) is 9.78 Å². The highest BCUT2D eigenvalue weighted by molar-refractivity contribution is 5.86. The number of carbonyl (C=O) groups is 1. The van der Waals surface area contributed by atoms with Crippen molar-refractivity contribution in [3.63, 3.8) is 0 Å². The van der Waals surface area contributed by atoms with Crippen molar-refractivity contribution < 1.29 is 9.53 Å². The van der Waals surface area contributed by atoms with Crippen molar-refractivity contribution in [2.45, 2.75) is 32.9 Å². The summed E-state index contributed by atoms with van der Waals surface area (Å²) in [7, 11) is 0. The number of aromatic nitrogens is 2. The molecule has 4 heteroatoms. The van der Waals surface area contributed by atoms with Gasteiger partial charge in [0.05, 0.1) is 5.69 Å². The number of esters is 1. The Morgan fingerprint density at radius 1 is 1.24 bits per heavy atom. The molecule has 0 aliphatic carbocycles. The first kappa shape index (κ1) is 18.5. The summed E-state index contributed by atoms with van der Waals surface area (Å²) in [6.07, 6.45) is 5.01. The van der Waals surface area contributed by atoms with Crippen molar-refractivity contribution in [3.05, 3.63) is 90.6 Å². The first-order valence-electron chi connectivity index (χ1n) is 8.22. The van der Waals surface area contributed by atoms with Crippen molar-refractivity contribution in [2.24, 2.45) is 0 Å². The molecule has 0 spiro atoms. The molecule has 0 amide bonds. The van der Waals surface area contributed by atoms with Crippen LogP contribution in [0.4, 0.5) is 0 Å². The zero-order valence-electron chi connectivity index (χ0n) is 14.7. The van der Waals surface area contributed by atoms with Crippen molar-refractivity contribution in [2.75, 3.05) is 0 Å². The van der Waals surface area contributed by atoms with Gasteiger partial charge in [0.15, 0.2) is 0 Å². The molecule has 1 heterocycles. The average molecular weight is 336 g/mol. The molecule has 2 aromatic rings. The van der Waals surface area contributed by atoms with Gasteiger partial charge in [-0.1, -0.05) is 49.1 Å². The maximum atomic E-state index is 11.7. The van der Waals surface area contributed by atoms with Crippen LogP contribution in [0.15, 0.2) is 67.8 Å². The Kier molecular flexibility index (Phi) is 6.52. The molecular weight excluding hydrogens is 312 g/mol. The summed E-state index contributed by atoms with van der Waals surface area (Å²) in [5.41, 5.74) is 3.33. The van der Waals surface area contributed by atoms with Gasteiger partial charge in [-0.05, 0) is 12.5 Å². The molecular formula is C21H24N2O2. The number of allylic oxidation sites excluding steroid dienone is 2. The molecule has 0 saturated carbocycles. The zero-order valence-corrected chi connectivity index (χ0v) is 14.7. The minimum Gasteiger partial charge on any atom is -0.456 e. The van der Waals surface area contributed by atoms with Crippen LogP contribution in [0.5, 0.6) is 0 Å². The van der Waals surface area contributed by atoms with E-state index in [0.29, 0.717) is 25.0 Å². The van der Waals surface area contributed by atoms with E-state index in [1.807, 2.05) is 30.4 Å². The van der Waals surface area contributed by atoms with Crippen LogP contribution in [0, 0.1) is 0 Å². The van der Waals surface area contributed by atoms with Crippen LogP contribution in [0.25, 0.3) is 0 Å². The summed E-state index contributed by atoms with van der Waals surface area (Å²) in [4.78, 5) is 16.4. The van der Waals surface area contributed by atoms with E-state index in [0.717, 1.165) is 17.2 Å². The Balaban J connectivity index is 2.38. The minimum absolute atomic E-state index is 0.127. The second-order valence-corrected chi connectivity index (χ2v) is 5.83. The van der Waals surface area contributed by atoms with Crippen molar-refractivity contribution in [3.8, 4) is 0 Å². The van der Waals surface area contributed by atoms with Crippen LogP contribution in [-0.4, -0.2) is 15.5 Å². The molecule has 0 atom stereocenters. The lowest BCUT2D eigenvalue weighted by Crippen LogP contribution is -2.09. The summed E-state index contributed by atoms with van der Waals surface area (Å²) in [6, 6.07) is 10.2. The molecule has 0 aliphatic rings. The molecule has 0 N–H and O–H groups in total. The number of ether oxygens (including phenoxy) is 1. The lowest BCUT2D eigenvalue weighted by atomic mass is 10.1. The summed E-state index contributed by atoms with van der Waals surface area (Å²) in [5, 5.41) is 0. The van der Waals surface area contributed by atoms with Crippen LogP contribution >= 0.6 is 0 Å². The minimum atomic E-state index is -0.408. The SMILES string of the molecule is C=CCc1nc(COC(=O)C(=C)C)c(Cc2ccccc2)n1CC=C. The van der Waals surface area contributed by atoms with Crippen LogP contribution in [0.3, 0.4) is 0 Å². The molecule has 0 fully saturated rings. The lowest BCUT2D eigenvalue weighted by Gasteiger charge is -2.11. The van der Waals surface area contributed by atoms with Crippen LogP contribution < -0.4 is 0 Å². The van der Waals surface area contributed by atoms with Gasteiger partial charge in [-0.2, -0.15) is 0 Å². The molecule has 4 nitrogen and oxygen atoms in total. The Labute approximate surface area is 149 Å². The fraction of sp³-hybridized carbons (Fsp3) is 0.238. The largest absolute Gasteiger partial charge is 0.456 e.